The molecule has 0 saturated carbocycles. The van der Waals surface area contributed by atoms with Crippen molar-refractivity contribution in [3.05, 3.63) is 29.6 Å². The molecule has 6 nitrogen and oxygen atoms in total. The predicted molar refractivity (Wildman–Crippen MR) is 92.4 cm³/mol. The molecule has 1 unspecified atom stereocenters. The van der Waals surface area contributed by atoms with Crippen LogP contribution in [0, 0.1) is 11.7 Å². The number of benzene rings is 1. The number of carboxylic acid groups (broad SMARTS) is 1. The lowest BCUT2D eigenvalue weighted by atomic mass is 10.1. The summed E-state index contributed by atoms with van der Waals surface area (Å²) in [6.07, 6.45) is 0.448. The first kappa shape index (κ1) is 17.7. The monoisotopic (exact) mass is 349 g/mol. The van der Waals surface area contributed by atoms with E-state index < -0.39 is 17.7 Å². The van der Waals surface area contributed by atoms with E-state index in [9.17, 15) is 14.0 Å². The van der Waals surface area contributed by atoms with E-state index in [0.717, 1.165) is 32.7 Å². The van der Waals surface area contributed by atoms with Crippen molar-refractivity contribution in [2.24, 2.45) is 5.92 Å². The van der Waals surface area contributed by atoms with E-state index >= 15 is 0 Å². The van der Waals surface area contributed by atoms with Gasteiger partial charge in [-0.25, -0.2) is 4.39 Å². The molecular formula is C18H24FN3O3. The Kier molecular flexibility index (Phi) is 5.22. The smallest absolute Gasteiger partial charge is 0.308 e. The van der Waals surface area contributed by atoms with E-state index in [1.807, 2.05) is 4.90 Å². The number of piperazine rings is 1. The van der Waals surface area contributed by atoms with Gasteiger partial charge in [0.2, 0.25) is 0 Å². The first-order valence-corrected chi connectivity index (χ1v) is 8.78. The largest absolute Gasteiger partial charge is 0.481 e. The molecule has 0 aliphatic carbocycles. The Morgan fingerprint density at radius 2 is 1.92 bits per heavy atom. The summed E-state index contributed by atoms with van der Waals surface area (Å²) in [6.45, 7) is 7.05. The molecule has 0 aromatic heterocycles. The number of likely N-dealkylation sites (tertiary alicyclic amines) is 1. The standard InChI is InChI=1S/C18H24FN3O3/c1-2-20-7-9-21(10-8-20)16-4-3-13(11-15(16)19)17(23)22-6-5-14(12-22)18(24)25/h3-4,11,14H,2,5-10,12H2,1H3,(H,24,25). The average molecular weight is 349 g/mol. The number of hydrogen-bond acceptors (Lipinski definition) is 4. The van der Waals surface area contributed by atoms with Crippen LogP contribution in [0.2, 0.25) is 0 Å². The van der Waals surface area contributed by atoms with Gasteiger partial charge in [-0.15, -0.1) is 0 Å². The Morgan fingerprint density at radius 3 is 2.48 bits per heavy atom. The fourth-order valence-electron chi connectivity index (χ4n) is 3.53. The predicted octanol–water partition coefficient (Wildman–Crippen LogP) is 1.51. The second-order valence-electron chi connectivity index (χ2n) is 6.66. The van der Waals surface area contributed by atoms with Gasteiger partial charge in [0.1, 0.15) is 5.82 Å². The molecule has 25 heavy (non-hydrogen) atoms. The number of halogens is 1. The number of carboxylic acids is 1. The zero-order chi connectivity index (χ0) is 18.0. The Morgan fingerprint density at radius 1 is 1.20 bits per heavy atom. The van der Waals surface area contributed by atoms with Crippen LogP contribution >= 0.6 is 0 Å². The molecule has 3 rings (SSSR count). The van der Waals surface area contributed by atoms with Crippen LogP contribution in [0.3, 0.4) is 0 Å². The number of hydrogen-bond donors (Lipinski definition) is 1. The number of aliphatic carboxylic acids is 1. The van der Waals surface area contributed by atoms with Crippen molar-refractivity contribution in [3.63, 3.8) is 0 Å². The minimum atomic E-state index is -0.886. The van der Waals surface area contributed by atoms with Crippen molar-refractivity contribution in [2.45, 2.75) is 13.3 Å². The molecule has 2 fully saturated rings. The van der Waals surface area contributed by atoms with E-state index in [0.29, 0.717) is 18.7 Å². The number of anilines is 1. The summed E-state index contributed by atoms with van der Waals surface area (Å²) < 4.78 is 14.5. The fourth-order valence-corrected chi connectivity index (χ4v) is 3.53. The molecule has 1 aromatic carbocycles. The topological polar surface area (TPSA) is 64.1 Å². The Hall–Kier alpha value is -2.15. The number of carbonyl (C=O) groups is 2. The van der Waals surface area contributed by atoms with Gasteiger partial charge in [-0.1, -0.05) is 6.92 Å². The molecule has 2 aliphatic rings. The number of carbonyl (C=O) groups excluding carboxylic acids is 1. The summed E-state index contributed by atoms with van der Waals surface area (Å²) in [5.74, 6) is -2.11. The van der Waals surface area contributed by atoms with Crippen LogP contribution in [0.25, 0.3) is 0 Å². The SMILES string of the molecule is CCN1CCN(c2ccc(C(=O)N3CCC(C(=O)O)C3)cc2F)CC1. The zero-order valence-electron chi connectivity index (χ0n) is 14.4. The molecule has 2 heterocycles. The summed E-state index contributed by atoms with van der Waals surface area (Å²) in [4.78, 5) is 29.3. The first-order chi connectivity index (χ1) is 12.0. The van der Waals surface area contributed by atoms with Gasteiger partial charge in [0.05, 0.1) is 11.6 Å². The maximum Gasteiger partial charge on any atom is 0.308 e. The van der Waals surface area contributed by atoms with Crippen LogP contribution in [-0.2, 0) is 4.79 Å². The third kappa shape index (κ3) is 3.76. The van der Waals surface area contributed by atoms with Crippen molar-refractivity contribution in [2.75, 3.05) is 50.7 Å². The van der Waals surface area contributed by atoms with Gasteiger partial charge in [-0.05, 0) is 31.2 Å². The Labute approximate surface area is 146 Å². The second-order valence-corrected chi connectivity index (χ2v) is 6.66. The summed E-state index contributed by atoms with van der Waals surface area (Å²) in [7, 11) is 0. The maximum atomic E-state index is 14.5. The zero-order valence-corrected chi connectivity index (χ0v) is 14.4. The van der Waals surface area contributed by atoms with Crippen molar-refractivity contribution >= 4 is 17.6 Å². The molecular weight excluding hydrogens is 325 g/mol. The summed E-state index contributed by atoms with van der Waals surface area (Å²) in [5, 5.41) is 9.04. The molecule has 0 radical (unpaired) electrons. The first-order valence-electron chi connectivity index (χ1n) is 8.78. The molecule has 1 amide bonds. The lowest BCUT2D eigenvalue weighted by Gasteiger charge is -2.35. The lowest BCUT2D eigenvalue weighted by molar-refractivity contribution is -0.141. The number of rotatable bonds is 4. The highest BCUT2D eigenvalue weighted by molar-refractivity contribution is 5.95. The summed E-state index contributed by atoms with van der Waals surface area (Å²) >= 11 is 0. The molecule has 7 heteroatoms. The highest BCUT2D eigenvalue weighted by atomic mass is 19.1. The molecule has 2 aliphatic heterocycles. The lowest BCUT2D eigenvalue weighted by Crippen LogP contribution is -2.46. The highest BCUT2D eigenvalue weighted by Gasteiger charge is 2.31. The van der Waals surface area contributed by atoms with Gasteiger partial charge in [0.25, 0.3) is 5.91 Å². The van der Waals surface area contributed by atoms with Crippen LogP contribution < -0.4 is 4.90 Å². The van der Waals surface area contributed by atoms with E-state index in [1.165, 1.54) is 11.0 Å². The molecule has 0 spiro atoms. The summed E-state index contributed by atoms with van der Waals surface area (Å²) in [6, 6.07) is 4.58. The van der Waals surface area contributed by atoms with Crippen molar-refractivity contribution in [1.29, 1.82) is 0 Å². The Bertz CT molecular complexity index is 659. The van der Waals surface area contributed by atoms with E-state index in [1.54, 1.807) is 12.1 Å². The molecule has 2 saturated heterocycles. The fraction of sp³-hybridized carbons (Fsp3) is 0.556. The van der Waals surface area contributed by atoms with Crippen LogP contribution in [0.15, 0.2) is 18.2 Å². The van der Waals surface area contributed by atoms with Crippen molar-refractivity contribution in [3.8, 4) is 0 Å². The van der Waals surface area contributed by atoms with Gasteiger partial charge in [-0.3, -0.25) is 9.59 Å². The van der Waals surface area contributed by atoms with Gasteiger partial charge in [0.15, 0.2) is 0 Å². The number of amides is 1. The van der Waals surface area contributed by atoms with Crippen LogP contribution in [0.1, 0.15) is 23.7 Å². The summed E-state index contributed by atoms with van der Waals surface area (Å²) in [5.41, 5.74) is 0.802. The third-order valence-corrected chi connectivity index (χ3v) is 5.18. The maximum absolute atomic E-state index is 14.5. The van der Waals surface area contributed by atoms with Gasteiger partial charge in [-0.2, -0.15) is 0 Å². The van der Waals surface area contributed by atoms with Crippen LogP contribution in [-0.4, -0.2) is 72.6 Å². The highest BCUT2D eigenvalue weighted by Crippen LogP contribution is 2.24. The van der Waals surface area contributed by atoms with Gasteiger partial charge in [0, 0.05) is 44.8 Å². The van der Waals surface area contributed by atoms with Gasteiger partial charge < -0.3 is 19.8 Å². The number of nitrogens with zero attached hydrogens (tertiary/aromatic N) is 3. The number of likely N-dealkylation sites (N-methyl/N-ethyl adjacent to an activating group) is 1. The molecule has 1 N–H and O–H groups in total. The molecule has 0 bridgehead atoms. The molecule has 136 valence electrons. The van der Waals surface area contributed by atoms with Crippen LogP contribution in [0.5, 0.6) is 0 Å². The van der Waals surface area contributed by atoms with E-state index in [-0.39, 0.29) is 18.0 Å². The van der Waals surface area contributed by atoms with Crippen molar-refractivity contribution in [1.82, 2.24) is 9.80 Å². The second kappa shape index (κ2) is 7.39. The molecule has 1 aromatic rings. The van der Waals surface area contributed by atoms with Gasteiger partial charge >= 0.3 is 5.97 Å². The molecule has 1 atom stereocenters. The minimum Gasteiger partial charge on any atom is -0.481 e. The van der Waals surface area contributed by atoms with Crippen LogP contribution in [0.4, 0.5) is 10.1 Å². The van der Waals surface area contributed by atoms with Crippen molar-refractivity contribution < 1.29 is 19.1 Å². The Balaban J connectivity index is 1.68. The normalized spacial score (nSPS) is 21.6. The quantitative estimate of drug-likeness (QED) is 0.893. The van der Waals surface area contributed by atoms with E-state index in [4.69, 9.17) is 5.11 Å². The minimum absolute atomic E-state index is 0.191. The third-order valence-electron chi connectivity index (χ3n) is 5.18. The average Bonchev–Trinajstić information content (AvgIpc) is 3.11. The van der Waals surface area contributed by atoms with E-state index in [2.05, 4.69) is 11.8 Å².